The molecule has 0 saturated heterocycles. The topological polar surface area (TPSA) is 77.8 Å². The Labute approximate surface area is 112 Å². The van der Waals surface area contributed by atoms with E-state index in [1.807, 2.05) is 17.8 Å². The highest BCUT2D eigenvalue weighted by molar-refractivity contribution is 5.54. The Balaban J connectivity index is 2.33. The molecule has 19 heavy (non-hydrogen) atoms. The third-order valence-corrected chi connectivity index (χ3v) is 2.48. The predicted molar refractivity (Wildman–Crippen MR) is 72.1 cm³/mol. The second kappa shape index (κ2) is 6.12. The van der Waals surface area contributed by atoms with E-state index in [1.165, 1.54) is 7.11 Å². The lowest BCUT2D eigenvalue weighted by Gasteiger charge is -2.05. The molecule has 2 aromatic heterocycles. The Kier molecular flexibility index (Phi) is 4.27. The van der Waals surface area contributed by atoms with Crippen LogP contribution in [0, 0.1) is 0 Å². The van der Waals surface area contributed by atoms with Gasteiger partial charge >= 0.3 is 6.01 Å². The van der Waals surface area contributed by atoms with Crippen molar-refractivity contribution in [2.45, 2.75) is 26.8 Å². The molecule has 0 aromatic carbocycles. The number of methoxy groups -OCH3 is 1. The maximum Gasteiger partial charge on any atom is 0.321 e. The maximum atomic E-state index is 5.09. The van der Waals surface area contributed by atoms with E-state index < -0.39 is 0 Å². The van der Waals surface area contributed by atoms with Crippen LogP contribution >= 0.6 is 0 Å². The summed E-state index contributed by atoms with van der Waals surface area (Å²) in [5, 5.41) is 7.32. The Morgan fingerprint density at radius 3 is 2.79 bits per heavy atom. The molecule has 0 saturated carbocycles. The smallest absolute Gasteiger partial charge is 0.321 e. The molecular formula is C12H18N6O. The summed E-state index contributed by atoms with van der Waals surface area (Å²) >= 11 is 0. The maximum absolute atomic E-state index is 5.09. The standard InChI is InChI=1S/C12H18N6O/c1-4-6-18-8-9(7-14-18)10-15-11(13-5-2)17-12(16-10)19-3/h7-8H,4-6H2,1-3H3,(H,13,15,16,17). The van der Waals surface area contributed by atoms with E-state index in [-0.39, 0.29) is 0 Å². The molecule has 0 bridgehead atoms. The fourth-order valence-electron chi connectivity index (χ4n) is 1.64. The highest BCUT2D eigenvalue weighted by atomic mass is 16.5. The third kappa shape index (κ3) is 3.18. The van der Waals surface area contributed by atoms with Gasteiger partial charge in [0, 0.05) is 19.3 Å². The fraction of sp³-hybridized carbons (Fsp3) is 0.500. The number of hydrogen-bond donors (Lipinski definition) is 1. The van der Waals surface area contributed by atoms with Crippen molar-refractivity contribution in [2.75, 3.05) is 19.0 Å². The molecule has 1 N–H and O–H groups in total. The summed E-state index contributed by atoms with van der Waals surface area (Å²) in [4.78, 5) is 12.7. The first-order chi connectivity index (χ1) is 9.26. The van der Waals surface area contributed by atoms with Gasteiger partial charge in [-0.1, -0.05) is 6.92 Å². The molecule has 7 heteroatoms. The first-order valence-electron chi connectivity index (χ1n) is 6.33. The van der Waals surface area contributed by atoms with E-state index in [0.717, 1.165) is 25.1 Å². The minimum absolute atomic E-state index is 0.296. The molecule has 102 valence electrons. The summed E-state index contributed by atoms with van der Waals surface area (Å²) in [6.07, 6.45) is 4.71. The van der Waals surface area contributed by atoms with Crippen molar-refractivity contribution in [1.29, 1.82) is 0 Å². The Morgan fingerprint density at radius 1 is 1.26 bits per heavy atom. The molecule has 2 aromatic rings. The molecule has 0 spiro atoms. The van der Waals surface area contributed by atoms with Crippen LogP contribution in [-0.2, 0) is 6.54 Å². The van der Waals surface area contributed by atoms with Gasteiger partial charge in [-0.25, -0.2) is 0 Å². The first kappa shape index (κ1) is 13.3. The average Bonchev–Trinajstić information content (AvgIpc) is 2.88. The van der Waals surface area contributed by atoms with Crippen LogP contribution in [0.1, 0.15) is 20.3 Å². The van der Waals surface area contributed by atoms with Gasteiger partial charge in [-0.2, -0.15) is 20.1 Å². The minimum atomic E-state index is 0.296. The molecule has 0 aliphatic heterocycles. The van der Waals surface area contributed by atoms with Gasteiger partial charge in [0.25, 0.3) is 0 Å². The zero-order chi connectivity index (χ0) is 13.7. The fourth-order valence-corrected chi connectivity index (χ4v) is 1.64. The SMILES string of the molecule is CCCn1cc(-c2nc(NCC)nc(OC)n2)cn1. The number of aromatic nitrogens is 5. The molecule has 0 fully saturated rings. The summed E-state index contributed by atoms with van der Waals surface area (Å²) in [6, 6.07) is 0.296. The van der Waals surface area contributed by atoms with Crippen LogP contribution in [0.5, 0.6) is 6.01 Å². The molecule has 0 atom stereocenters. The normalized spacial score (nSPS) is 10.5. The van der Waals surface area contributed by atoms with Crippen LogP contribution in [0.15, 0.2) is 12.4 Å². The second-order valence-corrected chi connectivity index (χ2v) is 3.99. The van der Waals surface area contributed by atoms with Gasteiger partial charge in [0.2, 0.25) is 5.95 Å². The van der Waals surface area contributed by atoms with Gasteiger partial charge in [-0.15, -0.1) is 0 Å². The summed E-state index contributed by atoms with van der Waals surface area (Å²) in [5.74, 6) is 1.07. The zero-order valence-corrected chi connectivity index (χ0v) is 11.4. The number of ether oxygens (including phenoxy) is 1. The summed E-state index contributed by atoms with van der Waals surface area (Å²) in [7, 11) is 1.54. The lowest BCUT2D eigenvalue weighted by molar-refractivity contribution is 0.379. The van der Waals surface area contributed by atoms with Crippen molar-refractivity contribution < 1.29 is 4.74 Å². The van der Waals surface area contributed by atoms with E-state index >= 15 is 0 Å². The van der Waals surface area contributed by atoms with Gasteiger partial charge in [0.05, 0.1) is 18.9 Å². The van der Waals surface area contributed by atoms with E-state index in [2.05, 4.69) is 32.3 Å². The van der Waals surface area contributed by atoms with Crippen molar-refractivity contribution >= 4 is 5.95 Å². The number of hydrogen-bond acceptors (Lipinski definition) is 6. The molecule has 0 aliphatic rings. The molecule has 2 rings (SSSR count). The number of aryl methyl sites for hydroxylation is 1. The number of nitrogens with one attached hydrogen (secondary N) is 1. The van der Waals surface area contributed by atoms with Gasteiger partial charge in [0.1, 0.15) is 0 Å². The Hall–Kier alpha value is -2.18. The van der Waals surface area contributed by atoms with Crippen molar-refractivity contribution in [3.8, 4) is 17.4 Å². The van der Waals surface area contributed by atoms with E-state index in [0.29, 0.717) is 17.8 Å². The van der Waals surface area contributed by atoms with Gasteiger partial charge in [-0.05, 0) is 13.3 Å². The molecule has 0 radical (unpaired) electrons. The van der Waals surface area contributed by atoms with Gasteiger partial charge < -0.3 is 10.1 Å². The lowest BCUT2D eigenvalue weighted by Crippen LogP contribution is -2.06. The minimum Gasteiger partial charge on any atom is -0.467 e. The average molecular weight is 262 g/mol. The van der Waals surface area contributed by atoms with E-state index in [1.54, 1.807) is 6.20 Å². The Morgan fingerprint density at radius 2 is 2.11 bits per heavy atom. The lowest BCUT2D eigenvalue weighted by atomic mass is 10.3. The first-order valence-corrected chi connectivity index (χ1v) is 6.33. The van der Waals surface area contributed by atoms with Gasteiger partial charge in [0.15, 0.2) is 5.82 Å². The van der Waals surface area contributed by atoms with Crippen molar-refractivity contribution in [3.63, 3.8) is 0 Å². The molecule has 2 heterocycles. The largest absolute Gasteiger partial charge is 0.467 e. The van der Waals surface area contributed by atoms with Crippen molar-refractivity contribution in [3.05, 3.63) is 12.4 Å². The summed E-state index contributed by atoms with van der Waals surface area (Å²) in [5.41, 5.74) is 0.855. The van der Waals surface area contributed by atoms with E-state index in [9.17, 15) is 0 Å². The summed E-state index contributed by atoms with van der Waals surface area (Å²) in [6.45, 7) is 5.70. The number of rotatable bonds is 6. The molecular weight excluding hydrogens is 244 g/mol. The summed E-state index contributed by atoms with van der Waals surface area (Å²) < 4.78 is 6.96. The van der Waals surface area contributed by atoms with Crippen LogP contribution in [0.3, 0.4) is 0 Å². The van der Waals surface area contributed by atoms with E-state index in [4.69, 9.17) is 4.74 Å². The highest BCUT2D eigenvalue weighted by Crippen LogP contribution is 2.18. The van der Waals surface area contributed by atoms with Crippen LogP contribution in [0.25, 0.3) is 11.4 Å². The predicted octanol–water partition coefficient (Wildman–Crippen LogP) is 1.59. The second-order valence-electron chi connectivity index (χ2n) is 3.99. The Bertz CT molecular complexity index is 539. The van der Waals surface area contributed by atoms with Crippen LogP contribution in [-0.4, -0.2) is 38.4 Å². The van der Waals surface area contributed by atoms with Crippen LogP contribution in [0.2, 0.25) is 0 Å². The molecule has 7 nitrogen and oxygen atoms in total. The third-order valence-electron chi connectivity index (χ3n) is 2.48. The highest BCUT2D eigenvalue weighted by Gasteiger charge is 2.10. The van der Waals surface area contributed by atoms with Crippen molar-refractivity contribution in [1.82, 2.24) is 24.7 Å². The van der Waals surface area contributed by atoms with Crippen LogP contribution in [0.4, 0.5) is 5.95 Å². The monoisotopic (exact) mass is 262 g/mol. The quantitative estimate of drug-likeness (QED) is 0.851. The van der Waals surface area contributed by atoms with Crippen LogP contribution < -0.4 is 10.1 Å². The van der Waals surface area contributed by atoms with Gasteiger partial charge in [-0.3, -0.25) is 4.68 Å². The van der Waals surface area contributed by atoms with Crippen molar-refractivity contribution in [2.24, 2.45) is 0 Å². The number of anilines is 1. The molecule has 0 unspecified atom stereocenters. The molecule has 0 amide bonds. The number of nitrogens with zero attached hydrogens (tertiary/aromatic N) is 5. The molecule has 0 aliphatic carbocycles. The zero-order valence-electron chi connectivity index (χ0n) is 11.4.